The summed E-state index contributed by atoms with van der Waals surface area (Å²) in [4.78, 5) is 41.3. The van der Waals surface area contributed by atoms with Gasteiger partial charge in [0.15, 0.2) is 0 Å². The minimum atomic E-state index is -0.478. The van der Waals surface area contributed by atoms with E-state index in [1.54, 1.807) is 0 Å². The van der Waals surface area contributed by atoms with E-state index in [4.69, 9.17) is 4.74 Å². The molecule has 2 fully saturated rings. The minimum absolute atomic E-state index is 0.0195. The summed E-state index contributed by atoms with van der Waals surface area (Å²) in [7, 11) is 0. The van der Waals surface area contributed by atoms with Crippen LogP contribution in [0, 0.1) is 10.1 Å². The molecule has 0 spiro atoms. The predicted molar refractivity (Wildman–Crippen MR) is 107 cm³/mol. The molecule has 2 saturated heterocycles. The largest absolute Gasteiger partial charge is 0.379 e. The number of non-ortho nitro benzene ring substituents is 1. The van der Waals surface area contributed by atoms with E-state index in [1.165, 1.54) is 24.3 Å². The number of carbonyl (C=O) groups excluding carboxylic acids is 2. The van der Waals surface area contributed by atoms with Crippen LogP contribution in [0.4, 0.5) is 11.4 Å². The lowest BCUT2D eigenvalue weighted by Gasteiger charge is -2.38. The molecule has 0 aliphatic carbocycles. The highest BCUT2D eigenvalue weighted by atomic mass is 16.6. The first-order valence-corrected chi connectivity index (χ1v) is 9.81. The van der Waals surface area contributed by atoms with E-state index < -0.39 is 4.92 Å². The fraction of sp³-hybridized carbons (Fsp3) is 0.579. The van der Waals surface area contributed by atoms with Crippen LogP contribution < -0.4 is 5.32 Å². The third-order valence-corrected chi connectivity index (χ3v) is 5.40. The van der Waals surface area contributed by atoms with E-state index in [1.807, 2.05) is 16.7 Å². The van der Waals surface area contributed by atoms with Crippen molar-refractivity contribution in [1.82, 2.24) is 14.7 Å². The van der Waals surface area contributed by atoms with Crippen molar-refractivity contribution in [3.8, 4) is 0 Å². The molecule has 2 aliphatic heterocycles. The van der Waals surface area contributed by atoms with Gasteiger partial charge in [-0.3, -0.25) is 29.5 Å². The fourth-order valence-electron chi connectivity index (χ4n) is 3.49. The Bertz CT molecular complexity index is 727. The highest BCUT2D eigenvalue weighted by Gasteiger charge is 2.28. The first kappa shape index (κ1) is 21.2. The number of amides is 2. The zero-order valence-electron chi connectivity index (χ0n) is 16.6. The third kappa shape index (κ3) is 5.72. The lowest BCUT2D eigenvalue weighted by molar-refractivity contribution is -0.384. The van der Waals surface area contributed by atoms with Gasteiger partial charge in [-0.2, -0.15) is 0 Å². The van der Waals surface area contributed by atoms with Crippen molar-refractivity contribution in [3.05, 3.63) is 34.4 Å². The van der Waals surface area contributed by atoms with Crippen molar-refractivity contribution in [2.45, 2.75) is 13.0 Å². The second kappa shape index (κ2) is 9.77. The Morgan fingerprint density at radius 1 is 1.10 bits per heavy atom. The van der Waals surface area contributed by atoms with Gasteiger partial charge in [-0.15, -0.1) is 0 Å². The summed E-state index contributed by atoms with van der Waals surface area (Å²) < 4.78 is 5.31. The van der Waals surface area contributed by atoms with Crippen molar-refractivity contribution in [2.24, 2.45) is 0 Å². The fourth-order valence-corrected chi connectivity index (χ4v) is 3.49. The Morgan fingerprint density at radius 3 is 2.31 bits per heavy atom. The molecule has 2 aliphatic rings. The molecule has 1 N–H and O–H groups in total. The Balaban J connectivity index is 1.44. The molecule has 1 unspecified atom stereocenters. The van der Waals surface area contributed by atoms with Crippen LogP contribution in [-0.2, 0) is 14.3 Å². The Kier molecular flexibility index (Phi) is 7.13. The Labute approximate surface area is 169 Å². The molecule has 0 radical (unpaired) electrons. The number of hydrogen-bond donors (Lipinski definition) is 1. The summed E-state index contributed by atoms with van der Waals surface area (Å²) in [6.45, 7) is 7.59. The van der Waals surface area contributed by atoms with Gasteiger partial charge in [0, 0.05) is 57.1 Å². The first-order valence-electron chi connectivity index (χ1n) is 9.81. The van der Waals surface area contributed by atoms with Crippen LogP contribution in [0.2, 0.25) is 0 Å². The number of rotatable bonds is 6. The number of nitro benzene ring substituents is 1. The summed E-state index contributed by atoms with van der Waals surface area (Å²) in [6.07, 6.45) is 0. The van der Waals surface area contributed by atoms with Gasteiger partial charge in [-0.25, -0.2) is 0 Å². The van der Waals surface area contributed by atoms with Crippen LogP contribution in [0.25, 0.3) is 0 Å². The minimum Gasteiger partial charge on any atom is -0.379 e. The van der Waals surface area contributed by atoms with Gasteiger partial charge in [0.05, 0.1) is 30.7 Å². The molecule has 2 heterocycles. The van der Waals surface area contributed by atoms with Crippen LogP contribution >= 0.6 is 0 Å². The molecule has 1 aromatic carbocycles. The monoisotopic (exact) mass is 405 g/mol. The summed E-state index contributed by atoms with van der Waals surface area (Å²) in [6, 6.07) is 5.40. The van der Waals surface area contributed by atoms with Gasteiger partial charge < -0.3 is 15.0 Å². The number of anilines is 1. The maximum Gasteiger partial charge on any atom is 0.269 e. The molecular weight excluding hydrogens is 378 g/mol. The summed E-state index contributed by atoms with van der Waals surface area (Å²) in [5, 5.41) is 13.5. The number of piperazine rings is 1. The molecule has 0 bridgehead atoms. The first-order chi connectivity index (χ1) is 13.9. The SMILES string of the molecule is CC(C(=O)Nc1ccc([N+](=O)[O-])cc1)N1CCN(C(=O)CN2CCOCC2)CC1. The molecule has 10 heteroatoms. The van der Waals surface area contributed by atoms with Gasteiger partial charge in [0.1, 0.15) is 0 Å². The normalized spacial score (nSPS) is 19.6. The Morgan fingerprint density at radius 2 is 1.72 bits per heavy atom. The number of morpholine rings is 1. The van der Waals surface area contributed by atoms with Gasteiger partial charge in [0.2, 0.25) is 11.8 Å². The molecule has 10 nitrogen and oxygen atoms in total. The number of carbonyl (C=O) groups is 2. The highest BCUT2D eigenvalue weighted by molar-refractivity contribution is 5.94. The van der Waals surface area contributed by atoms with E-state index in [9.17, 15) is 19.7 Å². The quantitative estimate of drug-likeness (QED) is 0.539. The van der Waals surface area contributed by atoms with Gasteiger partial charge in [0.25, 0.3) is 5.69 Å². The van der Waals surface area contributed by atoms with Crippen LogP contribution in [0.5, 0.6) is 0 Å². The summed E-state index contributed by atoms with van der Waals surface area (Å²) in [5.41, 5.74) is 0.501. The second-order valence-corrected chi connectivity index (χ2v) is 7.27. The standard InChI is InChI=1S/C19H27N5O5/c1-15(19(26)20-16-2-4-17(5-3-16)24(27)28)22-6-8-23(9-7-22)18(25)14-21-10-12-29-13-11-21/h2-5,15H,6-14H2,1H3,(H,20,26). The number of benzene rings is 1. The molecule has 3 rings (SSSR count). The lowest BCUT2D eigenvalue weighted by Crippen LogP contribution is -2.55. The van der Waals surface area contributed by atoms with Crippen LogP contribution in [0.3, 0.4) is 0 Å². The maximum absolute atomic E-state index is 12.5. The van der Waals surface area contributed by atoms with Gasteiger partial charge >= 0.3 is 0 Å². The van der Waals surface area contributed by atoms with E-state index in [2.05, 4.69) is 10.2 Å². The van der Waals surface area contributed by atoms with Gasteiger partial charge in [-0.05, 0) is 19.1 Å². The van der Waals surface area contributed by atoms with E-state index in [-0.39, 0.29) is 23.5 Å². The molecule has 29 heavy (non-hydrogen) atoms. The lowest BCUT2D eigenvalue weighted by atomic mass is 10.2. The second-order valence-electron chi connectivity index (χ2n) is 7.27. The number of nitrogens with zero attached hydrogens (tertiary/aromatic N) is 4. The number of hydrogen-bond acceptors (Lipinski definition) is 7. The van der Waals surface area contributed by atoms with Crippen LogP contribution in [0.1, 0.15) is 6.92 Å². The van der Waals surface area contributed by atoms with Gasteiger partial charge in [-0.1, -0.05) is 0 Å². The molecule has 158 valence electrons. The van der Waals surface area contributed by atoms with Crippen molar-refractivity contribution < 1.29 is 19.2 Å². The average Bonchev–Trinajstić information content (AvgIpc) is 2.74. The van der Waals surface area contributed by atoms with Crippen LogP contribution in [-0.4, -0.2) is 96.5 Å². The van der Waals surface area contributed by atoms with Crippen molar-refractivity contribution >= 4 is 23.2 Å². The van der Waals surface area contributed by atoms with Crippen molar-refractivity contribution in [1.29, 1.82) is 0 Å². The van der Waals surface area contributed by atoms with E-state index in [0.29, 0.717) is 51.6 Å². The predicted octanol–water partition coefficient (Wildman–Crippen LogP) is 0.398. The van der Waals surface area contributed by atoms with Crippen LogP contribution in [0.15, 0.2) is 24.3 Å². The molecule has 1 aromatic rings. The highest BCUT2D eigenvalue weighted by Crippen LogP contribution is 2.16. The molecule has 1 atom stereocenters. The number of nitro groups is 1. The smallest absolute Gasteiger partial charge is 0.269 e. The zero-order valence-corrected chi connectivity index (χ0v) is 16.6. The van der Waals surface area contributed by atoms with Crippen molar-refractivity contribution in [3.63, 3.8) is 0 Å². The topological polar surface area (TPSA) is 108 Å². The Hall–Kier alpha value is -2.56. The maximum atomic E-state index is 12.5. The molecule has 2 amide bonds. The zero-order chi connectivity index (χ0) is 20.8. The molecular formula is C19H27N5O5. The third-order valence-electron chi connectivity index (χ3n) is 5.40. The van der Waals surface area contributed by atoms with E-state index >= 15 is 0 Å². The summed E-state index contributed by atoms with van der Waals surface area (Å²) >= 11 is 0. The van der Waals surface area contributed by atoms with Crippen molar-refractivity contribution in [2.75, 3.05) is 64.3 Å². The molecule has 0 saturated carbocycles. The summed E-state index contributed by atoms with van der Waals surface area (Å²) in [5.74, 6) is -0.0542. The number of nitrogens with one attached hydrogen (secondary N) is 1. The number of ether oxygens (including phenoxy) is 1. The van der Waals surface area contributed by atoms with E-state index in [0.717, 1.165) is 13.1 Å². The molecule has 0 aromatic heterocycles. The average molecular weight is 405 g/mol.